The summed E-state index contributed by atoms with van der Waals surface area (Å²) in [5.74, 6) is 0.732. The number of thiophene rings is 1. The molecular formula is C15H22N2O2S. The normalized spacial score (nSPS) is 30.4. The van der Waals surface area contributed by atoms with Gasteiger partial charge < -0.3 is 9.64 Å². The van der Waals surface area contributed by atoms with Crippen LogP contribution in [0.2, 0.25) is 0 Å². The third-order valence-corrected chi connectivity index (χ3v) is 5.22. The first-order valence-electron chi connectivity index (χ1n) is 7.39. The molecule has 1 aromatic rings. The molecular weight excluding hydrogens is 272 g/mol. The lowest BCUT2D eigenvalue weighted by atomic mass is 10.1. The number of carbonyl (C=O) groups is 1. The zero-order chi connectivity index (χ0) is 14.1. The van der Waals surface area contributed by atoms with Crippen molar-refractivity contribution >= 4 is 17.2 Å². The highest BCUT2D eigenvalue weighted by Gasteiger charge is 2.40. The molecule has 3 unspecified atom stereocenters. The lowest BCUT2D eigenvalue weighted by Gasteiger charge is -2.25. The Bertz CT molecular complexity index is 482. The Balaban J connectivity index is 1.79. The van der Waals surface area contributed by atoms with Gasteiger partial charge in [-0.1, -0.05) is 6.92 Å². The van der Waals surface area contributed by atoms with E-state index in [1.807, 2.05) is 4.90 Å². The van der Waals surface area contributed by atoms with Gasteiger partial charge in [-0.05, 0) is 31.9 Å². The lowest BCUT2D eigenvalue weighted by Crippen LogP contribution is -2.35. The van der Waals surface area contributed by atoms with E-state index in [1.54, 1.807) is 11.3 Å². The van der Waals surface area contributed by atoms with Gasteiger partial charge in [0.1, 0.15) is 6.17 Å². The van der Waals surface area contributed by atoms with Gasteiger partial charge >= 0.3 is 0 Å². The topological polar surface area (TPSA) is 41.6 Å². The molecule has 0 aliphatic carbocycles. The van der Waals surface area contributed by atoms with E-state index in [0.29, 0.717) is 5.92 Å². The van der Waals surface area contributed by atoms with Gasteiger partial charge in [0.05, 0.1) is 12.6 Å². The SMILES string of the molecule is CCC1NC(c2ccc(C)s2)N(CC2CCOC2)C1=O. The summed E-state index contributed by atoms with van der Waals surface area (Å²) >= 11 is 1.77. The summed E-state index contributed by atoms with van der Waals surface area (Å²) < 4.78 is 5.45. The van der Waals surface area contributed by atoms with Crippen molar-refractivity contribution in [2.75, 3.05) is 19.8 Å². The Labute approximate surface area is 124 Å². The van der Waals surface area contributed by atoms with Gasteiger partial charge in [0.25, 0.3) is 0 Å². The zero-order valence-corrected chi connectivity index (χ0v) is 12.9. The maximum Gasteiger partial charge on any atom is 0.241 e. The number of nitrogens with one attached hydrogen (secondary N) is 1. The zero-order valence-electron chi connectivity index (χ0n) is 12.1. The van der Waals surface area contributed by atoms with E-state index in [4.69, 9.17) is 4.74 Å². The molecule has 1 N–H and O–H groups in total. The van der Waals surface area contributed by atoms with Crippen molar-refractivity contribution in [3.8, 4) is 0 Å². The monoisotopic (exact) mass is 294 g/mol. The van der Waals surface area contributed by atoms with Gasteiger partial charge in [0, 0.05) is 28.8 Å². The Hall–Kier alpha value is -0.910. The molecule has 2 fully saturated rings. The molecule has 0 radical (unpaired) electrons. The molecule has 3 atom stereocenters. The second-order valence-electron chi connectivity index (χ2n) is 5.70. The first-order chi connectivity index (χ1) is 9.69. The fraction of sp³-hybridized carbons (Fsp3) is 0.667. The minimum Gasteiger partial charge on any atom is -0.381 e. The summed E-state index contributed by atoms with van der Waals surface area (Å²) in [5.41, 5.74) is 0. The Morgan fingerprint density at radius 3 is 2.95 bits per heavy atom. The van der Waals surface area contributed by atoms with E-state index in [-0.39, 0.29) is 18.1 Å². The van der Waals surface area contributed by atoms with Crippen molar-refractivity contribution in [1.82, 2.24) is 10.2 Å². The Morgan fingerprint density at radius 2 is 2.35 bits per heavy atom. The number of ether oxygens (including phenoxy) is 1. The molecule has 2 saturated heterocycles. The molecule has 2 aliphatic rings. The fourth-order valence-corrected chi connectivity index (χ4v) is 3.96. The van der Waals surface area contributed by atoms with Gasteiger partial charge in [-0.25, -0.2) is 0 Å². The summed E-state index contributed by atoms with van der Waals surface area (Å²) in [5, 5.41) is 3.49. The summed E-state index contributed by atoms with van der Waals surface area (Å²) in [4.78, 5) is 17.1. The van der Waals surface area contributed by atoms with Gasteiger partial charge in [0.2, 0.25) is 5.91 Å². The number of nitrogens with zero attached hydrogens (tertiary/aromatic N) is 1. The van der Waals surface area contributed by atoms with Crippen molar-refractivity contribution in [2.24, 2.45) is 5.92 Å². The van der Waals surface area contributed by atoms with Crippen molar-refractivity contribution in [3.63, 3.8) is 0 Å². The maximum absolute atomic E-state index is 12.5. The summed E-state index contributed by atoms with van der Waals surface area (Å²) in [6, 6.07) is 4.23. The first-order valence-corrected chi connectivity index (χ1v) is 8.21. The molecule has 4 nitrogen and oxygen atoms in total. The van der Waals surface area contributed by atoms with Crippen LogP contribution in [0.5, 0.6) is 0 Å². The van der Waals surface area contributed by atoms with E-state index in [0.717, 1.165) is 32.6 Å². The van der Waals surface area contributed by atoms with Crippen molar-refractivity contribution in [3.05, 3.63) is 21.9 Å². The highest BCUT2D eigenvalue weighted by molar-refractivity contribution is 7.12. The van der Waals surface area contributed by atoms with Crippen molar-refractivity contribution in [1.29, 1.82) is 0 Å². The maximum atomic E-state index is 12.5. The third-order valence-electron chi connectivity index (χ3n) is 4.17. The predicted octanol–water partition coefficient (Wildman–Crippen LogP) is 2.30. The predicted molar refractivity (Wildman–Crippen MR) is 79.7 cm³/mol. The molecule has 5 heteroatoms. The quantitative estimate of drug-likeness (QED) is 0.926. The van der Waals surface area contributed by atoms with E-state index in [2.05, 4.69) is 31.3 Å². The molecule has 2 aliphatic heterocycles. The molecule has 110 valence electrons. The van der Waals surface area contributed by atoms with Crippen LogP contribution >= 0.6 is 11.3 Å². The standard InChI is InChI=1S/C15H22N2O2S/c1-3-12-15(18)17(8-11-6-7-19-9-11)14(16-12)13-5-4-10(2)20-13/h4-5,11-12,14,16H,3,6-9H2,1-2H3. The highest BCUT2D eigenvalue weighted by Crippen LogP contribution is 2.32. The van der Waals surface area contributed by atoms with E-state index in [9.17, 15) is 4.79 Å². The van der Waals surface area contributed by atoms with Crippen LogP contribution in [-0.2, 0) is 9.53 Å². The molecule has 20 heavy (non-hydrogen) atoms. The van der Waals surface area contributed by atoms with Crippen LogP contribution in [0, 0.1) is 12.8 Å². The summed E-state index contributed by atoms with van der Waals surface area (Å²) in [7, 11) is 0. The van der Waals surface area contributed by atoms with Gasteiger partial charge in [0.15, 0.2) is 0 Å². The smallest absolute Gasteiger partial charge is 0.241 e. The number of aryl methyl sites for hydroxylation is 1. The van der Waals surface area contributed by atoms with Gasteiger partial charge in [-0.15, -0.1) is 11.3 Å². The molecule has 3 heterocycles. The van der Waals surface area contributed by atoms with E-state index in [1.165, 1.54) is 9.75 Å². The molecule has 0 aromatic carbocycles. The average molecular weight is 294 g/mol. The lowest BCUT2D eigenvalue weighted by molar-refractivity contribution is -0.130. The molecule has 1 amide bonds. The third kappa shape index (κ3) is 2.62. The van der Waals surface area contributed by atoms with Crippen LogP contribution in [-0.4, -0.2) is 36.6 Å². The fourth-order valence-electron chi connectivity index (χ4n) is 3.01. The van der Waals surface area contributed by atoms with Crippen LogP contribution in [0.1, 0.15) is 35.7 Å². The highest BCUT2D eigenvalue weighted by atomic mass is 32.1. The number of amides is 1. The van der Waals surface area contributed by atoms with E-state index < -0.39 is 0 Å². The number of hydrogen-bond donors (Lipinski definition) is 1. The second-order valence-corrected chi connectivity index (χ2v) is 7.02. The van der Waals surface area contributed by atoms with Crippen LogP contribution in [0.15, 0.2) is 12.1 Å². The van der Waals surface area contributed by atoms with Crippen LogP contribution in [0.4, 0.5) is 0 Å². The molecule has 0 saturated carbocycles. The minimum absolute atomic E-state index is 0.0373. The number of rotatable bonds is 4. The number of hydrogen-bond acceptors (Lipinski definition) is 4. The van der Waals surface area contributed by atoms with Gasteiger partial charge in [-0.2, -0.15) is 0 Å². The molecule has 3 rings (SSSR count). The average Bonchev–Trinajstić information content (AvgIpc) is 3.14. The Kier molecular flexibility index (Phi) is 4.10. The van der Waals surface area contributed by atoms with Crippen molar-refractivity contribution < 1.29 is 9.53 Å². The summed E-state index contributed by atoms with van der Waals surface area (Å²) in [6.07, 6.45) is 1.96. The molecule has 0 spiro atoms. The van der Waals surface area contributed by atoms with E-state index >= 15 is 0 Å². The largest absolute Gasteiger partial charge is 0.381 e. The molecule has 1 aromatic heterocycles. The minimum atomic E-state index is -0.0373. The van der Waals surface area contributed by atoms with Crippen LogP contribution < -0.4 is 5.32 Å². The first kappa shape index (κ1) is 14.0. The van der Waals surface area contributed by atoms with Gasteiger partial charge in [-0.3, -0.25) is 10.1 Å². The van der Waals surface area contributed by atoms with Crippen LogP contribution in [0.25, 0.3) is 0 Å². The van der Waals surface area contributed by atoms with Crippen molar-refractivity contribution in [2.45, 2.75) is 38.9 Å². The molecule has 0 bridgehead atoms. The number of carbonyl (C=O) groups excluding carboxylic acids is 1. The van der Waals surface area contributed by atoms with Crippen LogP contribution in [0.3, 0.4) is 0 Å². The summed E-state index contributed by atoms with van der Waals surface area (Å²) in [6.45, 7) is 6.60. The Morgan fingerprint density at radius 1 is 1.50 bits per heavy atom. The second kappa shape index (κ2) is 5.84.